The number of para-hydroxylation sites is 4. The van der Waals surface area contributed by atoms with Crippen molar-refractivity contribution in [3.05, 3.63) is 48.5 Å². The molecule has 2 rings (SSSR count). The maximum atomic E-state index is 5.62. The lowest BCUT2D eigenvalue weighted by Crippen LogP contribution is -2.08. The molecule has 0 heterocycles. The second kappa shape index (κ2) is 8.04. The van der Waals surface area contributed by atoms with Gasteiger partial charge in [-0.25, -0.2) is 0 Å². The first-order valence-electron chi connectivity index (χ1n) is 7.04. The van der Waals surface area contributed by atoms with Crippen molar-refractivity contribution in [2.45, 2.75) is 13.8 Å². The molecule has 2 aromatic rings. The van der Waals surface area contributed by atoms with Gasteiger partial charge in [0.15, 0.2) is 23.0 Å². The van der Waals surface area contributed by atoms with Crippen LogP contribution in [0.25, 0.3) is 0 Å². The highest BCUT2D eigenvalue weighted by atomic mass is 16.7. The summed E-state index contributed by atoms with van der Waals surface area (Å²) in [5, 5.41) is 0. The lowest BCUT2D eigenvalue weighted by Gasteiger charge is -2.14. The van der Waals surface area contributed by atoms with Gasteiger partial charge in [-0.1, -0.05) is 24.3 Å². The molecule has 0 bridgehead atoms. The monoisotopic (exact) mass is 288 g/mol. The minimum absolute atomic E-state index is 0.0914. The van der Waals surface area contributed by atoms with Gasteiger partial charge in [0.25, 0.3) is 0 Å². The maximum Gasteiger partial charge on any atom is 0.231 e. The molecule has 0 radical (unpaired) electrons. The second-order valence-electron chi connectivity index (χ2n) is 4.17. The SMILES string of the molecule is CCOc1ccccc1OCOc1ccccc1OCC. The number of ether oxygens (including phenoxy) is 4. The molecule has 4 nitrogen and oxygen atoms in total. The molecule has 0 aliphatic heterocycles. The van der Waals surface area contributed by atoms with Crippen molar-refractivity contribution in [2.24, 2.45) is 0 Å². The van der Waals surface area contributed by atoms with Crippen LogP contribution < -0.4 is 18.9 Å². The van der Waals surface area contributed by atoms with E-state index in [2.05, 4.69) is 0 Å². The van der Waals surface area contributed by atoms with E-state index in [9.17, 15) is 0 Å². The topological polar surface area (TPSA) is 36.9 Å². The van der Waals surface area contributed by atoms with Crippen molar-refractivity contribution in [2.75, 3.05) is 20.0 Å². The summed E-state index contributed by atoms with van der Waals surface area (Å²) in [7, 11) is 0. The van der Waals surface area contributed by atoms with Gasteiger partial charge in [-0.3, -0.25) is 0 Å². The Labute approximate surface area is 125 Å². The third kappa shape index (κ3) is 4.31. The fraction of sp³-hybridized carbons (Fsp3) is 0.294. The van der Waals surface area contributed by atoms with E-state index in [0.29, 0.717) is 36.2 Å². The normalized spacial score (nSPS) is 10.0. The van der Waals surface area contributed by atoms with Crippen LogP contribution >= 0.6 is 0 Å². The van der Waals surface area contributed by atoms with Gasteiger partial charge in [0, 0.05) is 0 Å². The molecule has 0 saturated carbocycles. The zero-order valence-electron chi connectivity index (χ0n) is 12.4. The fourth-order valence-corrected chi connectivity index (χ4v) is 1.84. The van der Waals surface area contributed by atoms with Crippen LogP contribution in [0.5, 0.6) is 23.0 Å². The first-order valence-corrected chi connectivity index (χ1v) is 7.04. The molecule has 0 N–H and O–H groups in total. The molecule has 0 unspecified atom stereocenters. The highest BCUT2D eigenvalue weighted by molar-refractivity contribution is 5.40. The quantitative estimate of drug-likeness (QED) is 0.690. The average molecular weight is 288 g/mol. The van der Waals surface area contributed by atoms with Crippen molar-refractivity contribution in [3.8, 4) is 23.0 Å². The van der Waals surface area contributed by atoms with E-state index in [0.717, 1.165) is 0 Å². The van der Waals surface area contributed by atoms with Crippen LogP contribution in [-0.2, 0) is 0 Å². The van der Waals surface area contributed by atoms with Gasteiger partial charge < -0.3 is 18.9 Å². The standard InChI is InChI=1S/C17H20O4/c1-3-18-14-9-5-7-11-16(14)20-13-21-17-12-8-6-10-15(17)19-4-2/h5-12H,3-4,13H2,1-2H3. The van der Waals surface area contributed by atoms with E-state index < -0.39 is 0 Å². The largest absolute Gasteiger partial charge is 0.490 e. The van der Waals surface area contributed by atoms with Crippen LogP contribution in [0.15, 0.2) is 48.5 Å². The Kier molecular flexibility index (Phi) is 5.76. The predicted octanol–water partition coefficient (Wildman–Crippen LogP) is 3.90. The average Bonchev–Trinajstić information content (AvgIpc) is 2.51. The minimum Gasteiger partial charge on any atom is -0.490 e. The summed E-state index contributed by atoms with van der Waals surface area (Å²) in [5.74, 6) is 2.74. The first kappa shape index (κ1) is 15.0. The van der Waals surface area contributed by atoms with Crippen LogP contribution in [0, 0.1) is 0 Å². The molecule has 0 aromatic heterocycles. The third-order valence-electron chi connectivity index (χ3n) is 2.73. The molecular formula is C17H20O4. The van der Waals surface area contributed by atoms with Gasteiger partial charge in [0.05, 0.1) is 13.2 Å². The summed E-state index contributed by atoms with van der Waals surface area (Å²) in [5.41, 5.74) is 0. The number of rotatable bonds is 8. The number of hydrogen-bond acceptors (Lipinski definition) is 4. The summed E-state index contributed by atoms with van der Waals surface area (Å²) in [4.78, 5) is 0. The Morgan fingerprint density at radius 1 is 0.571 bits per heavy atom. The molecule has 0 saturated heterocycles. The molecule has 0 spiro atoms. The summed E-state index contributed by atoms with van der Waals surface area (Å²) >= 11 is 0. The van der Waals surface area contributed by atoms with Gasteiger partial charge in [-0.15, -0.1) is 0 Å². The third-order valence-corrected chi connectivity index (χ3v) is 2.73. The lowest BCUT2D eigenvalue weighted by molar-refractivity contribution is 0.111. The van der Waals surface area contributed by atoms with Crippen molar-refractivity contribution >= 4 is 0 Å². The Balaban J connectivity index is 1.95. The number of benzene rings is 2. The Bertz CT molecular complexity index is 504. The molecule has 0 aliphatic rings. The first-order chi connectivity index (χ1) is 10.3. The highest BCUT2D eigenvalue weighted by Gasteiger charge is 2.06. The van der Waals surface area contributed by atoms with Gasteiger partial charge in [-0.2, -0.15) is 0 Å². The number of hydrogen-bond donors (Lipinski definition) is 0. The summed E-state index contributed by atoms with van der Waals surface area (Å²) < 4.78 is 22.2. The molecule has 0 aliphatic carbocycles. The van der Waals surface area contributed by atoms with Gasteiger partial charge in [0.2, 0.25) is 6.79 Å². The molecule has 21 heavy (non-hydrogen) atoms. The maximum absolute atomic E-state index is 5.62. The molecule has 0 atom stereocenters. The van der Waals surface area contributed by atoms with Crippen LogP contribution in [0.2, 0.25) is 0 Å². The summed E-state index contributed by atoms with van der Waals surface area (Å²) in [6, 6.07) is 15.0. The van der Waals surface area contributed by atoms with Crippen molar-refractivity contribution in [1.29, 1.82) is 0 Å². The summed E-state index contributed by atoms with van der Waals surface area (Å²) in [6.45, 7) is 5.15. The molecule has 2 aromatic carbocycles. The van der Waals surface area contributed by atoms with Gasteiger partial charge >= 0.3 is 0 Å². The van der Waals surface area contributed by atoms with E-state index >= 15 is 0 Å². The minimum atomic E-state index is 0.0914. The smallest absolute Gasteiger partial charge is 0.231 e. The summed E-state index contributed by atoms with van der Waals surface area (Å²) in [6.07, 6.45) is 0. The predicted molar refractivity (Wildman–Crippen MR) is 81.3 cm³/mol. The van der Waals surface area contributed by atoms with Crippen LogP contribution in [-0.4, -0.2) is 20.0 Å². The zero-order chi connectivity index (χ0) is 14.9. The van der Waals surface area contributed by atoms with E-state index in [1.54, 1.807) is 0 Å². The molecule has 0 fully saturated rings. The van der Waals surface area contributed by atoms with Crippen molar-refractivity contribution in [3.63, 3.8) is 0 Å². The Hall–Kier alpha value is -2.36. The van der Waals surface area contributed by atoms with Gasteiger partial charge in [-0.05, 0) is 38.1 Å². The molecule has 112 valence electrons. The van der Waals surface area contributed by atoms with Crippen LogP contribution in [0.1, 0.15) is 13.8 Å². The Morgan fingerprint density at radius 2 is 0.905 bits per heavy atom. The molecular weight excluding hydrogens is 268 g/mol. The Morgan fingerprint density at radius 3 is 1.24 bits per heavy atom. The van der Waals surface area contributed by atoms with Crippen molar-refractivity contribution in [1.82, 2.24) is 0 Å². The van der Waals surface area contributed by atoms with E-state index in [1.807, 2.05) is 62.4 Å². The van der Waals surface area contributed by atoms with Crippen molar-refractivity contribution < 1.29 is 18.9 Å². The van der Waals surface area contributed by atoms with E-state index in [4.69, 9.17) is 18.9 Å². The zero-order valence-corrected chi connectivity index (χ0v) is 12.4. The fourth-order valence-electron chi connectivity index (χ4n) is 1.84. The molecule has 4 heteroatoms. The highest BCUT2D eigenvalue weighted by Crippen LogP contribution is 2.28. The van der Waals surface area contributed by atoms with Gasteiger partial charge in [0.1, 0.15) is 0 Å². The van der Waals surface area contributed by atoms with E-state index in [-0.39, 0.29) is 6.79 Å². The molecule has 0 amide bonds. The van der Waals surface area contributed by atoms with Crippen LogP contribution in [0.3, 0.4) is 0 Å². The second-order valence-corrected chi connectivity index (χ2v) is 4.17. The van der Waals surface area contributed by atoms with Crippen LogP contribution in [0.4, 0.5) is 0 Å². The lowest BCUT2D eigenvalue weighted by atomic mass is 10.3. The van der Waals surface area contributed by atoms with E-state index in [1.165, 1.54) is 0 Å².